The van der Waals surface area contributed by atoms with Gasteiger partial charge in [-0.3, -0.25) is 4.79 Å². The highest BCUT2D eigenvalue weighted by Crippen LogP contribution is 2.34. The average Bonchev–Trinajstić information content (AvgIpc) is 2.52. The van der Waals surface area contributed by atoms with Crippen LogP contribution in [0.3, 0.4) is 0 Å². The highest BCUT2D eigenvalue weighted by atomic mass is 16.5. The SMILES string of the molecule is CCc1cc(-c2ccc[n+](C)c2OC)cc(C(C)=O)c1OC. The normalized spacial score (nSPS) is 10.4. The molecule has 0 saturated heterocycles. The number of rotatable bonds is 5. The Balaban J connectivity index is 2.74. The van der Waals surface area contributed by atoms with Crippen LogP contribution < -0.4 is 14.0 Å². The van der Waals surface area contributed by atoms with Crippen LogP contribution >= 0.6 is 0 Å². The number of pyridine rings is 1. The van der Waals surface area contributed by atoms with Crippen LogP contribution in [0.25, 0.3) is 11.1 Å². The van der Waals surface area contributed by atoms with Crippen LogP contribution in [0.5, 0.6) is 11.6 Å². The van der Waals surface area contributed by atoms with Crippen LogP contribution in [0.4, 0.5) is 0 Å². The van der Waals surface area contributed by atoms with Gasteiger partial charge in [0, 0.05) is 6.07 Å². The van der Waals surface area contributed by atoms with Gasteiger partial charge in [0.15, 0.2) is 12.0 Å². The second-order valence-corrected chi connectivity index (χ2v) is 5.17. The fourth-order valence-electron chi connectivity index (χ4n) is 2.68. The van der Waals surface area contributed by atoms with Crippen molar-refractivity contribution in [3.05, 3.63) is 41.6 Å². The number of ketones is 1. The predicted molar refractivity (Wildman–Crippen MR) is 85.5 cm³/mol. The monoisotopic (exact) mass is 300 g/mol. The van der Waals surface area contributed by atoms with Gasteiger partial charge in [-0.1, -0.05) is 6.92 Å². The molecule has 1 heterocycles. The molecule has 0 saturated carbocycles. The molecule has 116 valence electrons. The van der Waals surface area contributed by atoms with E-state index in [0.717, 1.165) is 29.0 Å². The highest BCUT2D eigenvalue weighted by molar-refractivity contribution is 5.98. The quantitative estimate of drug-likeness (QED) is 0.629. The molecule has 0 radical (unpaired) electrons. The first-order valence-corrected chi connectivity index (χ1v) is 7.28. The minimum Gasteiger partial charge on any atom is -0.496 e. The third kappa shape index (κ3) is 2.82. The standard InChI is InChI=1S/C18H22NO3/c1-6-13-10-14(11-16(12(2)20)17(13)21-4)15-8-7-9-19(3)18(15)22-5/h7-11H,6H2,1-5H3/q+1. The first-order valence-electron chi connectivity index (χ1n) is 7.28. The summed E-state index contributed by atoms with van der Waals surface area (Å²) in [5.74, 6) is 1.41. The van der Waals surface area contributed by atoms with E-state index in [4.69, 9.17) is 9.47 Å². The Hall–Kier alpha value is -2.36. The first-order chi connectivity index (χ1) is 10.5. The maximum Gasteiger partial charge on any atom is 0.375 e. The molecule has 0 amide bonds. The molecule has 0 N–H and O–H groups in total. The van der Waals surface area contributed by atoms with E-state index in [0.29, 0.717) is 11.3 Å². The van der Waals surface area contributed by atoms with Crippen LogP contribution in [0.2, 0.25) is 0 Å². The molecule has 0 aliphatic carbocycles. The zero-order chi connectivity index (χ0) is 16.3. The first kappa shape index (κ1) is 16.0. The second-order valence-electron chi connectivity index (χ2n) is 5.17. The zero-order valence-electron chi connectivity index (χ0n) is 13.8. The summed E-state index contributed by atoms with van der Waals surface area (Å²) in [5, 5.41) is 0. The van der Waals surface area contributed by atoms with E-state index in [-0.39, 0.29) is 5.78 Å². The van der Waals surface area contributed by atoms with Crippen molar-refractivity contribution in [1.82, 2.24) is 0 Å². The van der Waals surface area contributed by atoms with Crippen LogP contribution in [0.1, 0.15) is 29.8 Å². The number of carbonyl (C=O) groups is 1. The van der Waals surface area contributed by atoms with Crippen molar-refractivity contribution in [1.29, 1.82) is 0 Å². The van der Waals surface area contributed by atoms with Crippen molar-refractivity contribution in [3.8, 4) is 22.8 Å². The molecule has 0 aliphatic heterocycles. The minimum absolute atomic E-state index is 0.00678. The Bertz CT molecular complexity index is 708. The van der Waals surface area contributed by atoms with Crippen LogP contribution in [-0.4, -0.2) is 20.0 Å². The van der Waals surface area contributed by atoms with Gasteiger partial charge in [0.25, 0.3) is 0 Å². The number of ether oxygens (including phenoxy) is 2. The molecule has 2 rings (SSSR count). The number of aromatic nitrogens is 1. The molecule has 2 aromatic rings. The Labute approximate surface area is 131 Å². The number of hydrogen-bond donors (Lipinski definition) is 0. The van der Waals surface area contributed by atoms with E-state index in [1.807, 2.05) is 42.9 Å². The Morgan fingerprint density at radius 2 is 1.95 bits per heavy atom. The molecule has 0 atom stereocenters. The van der Waals surface area contributed by atoms with Crippen LogP contribution in [-0.2, 0) is 13.5 Å². The van der Waals surface area contributed by atoms with Crippen molar-refractivity contribution in [2.45, 2.75) is 20.3 Å². The predicted octanol–water partition coefficient (Wildman–Crippen LogP) is 2.96. The Morgan fingerprint density at radius 1 is 1.23 bits per heavy atom. The molecule has 1 aromatic heterocycles. The Morgan fingerprint density at radius 3 is 2.50 bits per heavy atom. The lowest BCUT2D eigenvalue weighted by Crippen LogP contribution is -2.30. The molecule has 1 aromatic carbocycles. The molecule has 0 spiro atoms. The third-order valence-electron chi connectivity index (χ3n) is 3.76. The van der Waals surface area contributed by atoms with Crippen molar-refractivity contribution in [3.63, 3.8) is 0 Å². The van der Waals surface area contributed by atoms with Gasteiger partial charge in [-0.25, -0.2) is 0 Å². The van der Waals surface area contributed by atoms with Gasteiger partial charge in [0.05, 0.1) is 25.3 Å². The molecule has 4 nitrogen and oxygen atoms in total. The van der Waals surface area contributed by atoms with Gasteiger partial charge in [0.1, 0.15) is 12.8 Å². The maximum atomic E-state index is 12.0. The van der Waals surface area contributed by atoms with E-state index in [2.05, 4.69) is 6.07 Å². The van der Waals surface area contributed by atoms with Crippen molar-refractivity contribution in [2.75, 3.05) is 14.2 Å². The number of hydrogen-bond acceptors (Lipinski definition) is 3. The van der Waals surface area contributed by atoms with Gasteiger partial charge >= 0.3 is 5.88 Å². The number of Topliss-reactive ketones (excluding diaryl/α,β-unsaturated/α-hetero) is 1. The molecular formula is C18H22NO3+. The van der Waals surface area contributed by atoms with Crippen molar-refractivity contribution >= 4 is 5.78 Å². The van der Waals surface area contributed by atoms with Crippen LogP contribution in [0.15, 0.2) is 30.5 Å². The van der Waals surface area contributed by atoms with E-state index < -0.39 is 0 Å². The van der Waals surface area contributed by atoms with Crippen molar-refractivity contribution < 1.29 is 18.8 Å². The summed E-state index contributed by atoms with van der Waals surface area (Å²) in [6.07, 6.45) is 2.72. The average molecular weight is 300 g/mol. The summed E-state index contributed by atoms with van der Waals surface area (Å²) in [6.45, 7) is 3.61. The topological polar surface area (TPSA) is 39.4 Å². The van der Waals surface area contributed by atoms with E-state index in [1.54, 1.807) is 21.1 Å². The summed E-state index contributed by atoms with van der Waals surface area (Å²) < 4.78 is 12.9. The second kappa shape index (κ2) is 6.60. The molecule has 22 heavy (non-hydrogen) atoms. The Kier molecular flexibility index (Phi) is 4.81. The summed E-state index contributed by atoms with van der Waals surface area (Å²) in [5.41, 5.74) is 3.52. The largest absolute Gasteiger partial charge is 0.496 e. The number of benzene rings is 1. The van der Waals surface area contributed by atoms with Gasteiger partial charge < -0.3 is 9.47 Å². The summed E-state index contributed by atoms with van der Waals surface area (Å²) in [7, 11) is 5.18. The molecule has 0 unspecified atom stereocenters. The molecule has 4 heteroatoms. The number of nitrogens with zero attached hydrogens (tertiary/aromatic N) is 1. The smallest absolute Gasteiger partial charge is 0.375 e. The van der Waals surface area contributed by atoms with Gasteiger partial charge in [-0.2, -0.15) is 4.57 Å². The number of aryl methyl sites for hydroxylation is 2. The minimum atomic E-state index is -0.00678. The maximum absolute atomic E-state index is 12.0. The molecular weight excluding hydrogens is 278 g/mol. The van der Waals surface area contributed by atoms with Crippen molar-refractivity contribution in [2.24, 2.45) is 7.05 Å². The van der Waals surface area contributed by atoms with Gasteiger partial charge in [-0.15, -0.1) is 0 Å². The summed E-state index contributed by atoms with van der Waals surface area (Å²) in [6, 6.07) is 7.88. The van der Waals surface area contributed by atoms with E-state index >= 15 is 0 Å². The summed E-state index contributed by atoms with van der Waals surface area (Å²) in [4.78, 5) is 12.0. The fraction of sp³-hybridized carbons (Fsp3) is 0.333. The number of carbonyl (C=O) groups excluding carboxylic acids is 1. The molecule has 0 aliphatic rings. The van der Waals surface area contributed by atoms with Gasteiger partial charge in [-0.05, 0) is 42.7 Å². The fourth-order valence-corrected chi connectivity index (χ4v) is 2.68. The van der Waals surface area contributed by atoms with E-state index in [1.165, 1.54) is 0 Å². The lowest BCUT2D eigenvalue weighted by atomic mass is 9.96. The molecule has 0 fully saturated rings. The highest BCUT2D eigenvalue weighted by Gasteiger charge is 2.20. The van der Waals surface area contributed by atoms with E-state index in [9.17, 15) is 4.79 Å². The third-order valence-corrected chi connectivity index (χ3v) is 3.76. The van der Waals surface area contributed by atoms with Crippen LogP contribution in [0, 0.1) is 0 Å². The number of methoxy groups -OCH3 is 2. The zero-order valence-corrected chi connectivity index (χ0v) is 13.8. The lowest BCUT2D eigenvalue weighted by molar-refractivity contribution is -0.676. The summed E-state index contributed by atoms with van der Waals surface area (Å²) >= 11 is 0. The lowest BCUT2D eigenvalue weighted by Gasteiger charge is -2.14. The van der Waals surface area contributed by atoms with Gasteiger partial charge in [0.2, 0.25) is 0 Å². The molecule has 0 bridgehead atoms.